The Morgan fingerprint density at radius 3 is 1.85 bits per heavy atom. The monoisotopic (exact) mass is 180 g/mol. The molecule has 0 spiro atoms. The molecule has 1 aliphatic carbocycles. The minimum atomic E-state index is 0.819. The second-order valence-electron chi connectivity index (χ2n) is 3.50. The maximum absolute atomic E-state index is 2.28. The zero-order chi connectivity index (χ0) is 9.94. The number of rotatable bonds is 3. The first-order chi connectivity index (χ1) is 6.35. The summed E-state index contributed by atoms with van der Waals surface area (Å²) >= 11 is 0. The van der Waals surface area contributed by atoms with Gasteiger partial charge in [0, 0.05) is 0 Å². The number of allylic oxidation sites excluding steroid dienone is 4. The van der Waals surface area contributed by atoms with E-state index in [0.717, 1.165) is 5.92 Å². The third-order valence-corrected chi connectivity index (χ3v) is 2.42. The van der Waals surface area contributed by atoms with Crippen LogP contribution in [0.15, 0.2) is 24.3 Å². The first-order valence-electron chi connectivity index (χ1n) is 5.62. The van der Waals surface area contributed by atoms with Crippen molar-refractivity contribution in [2.24, 2.45) is 5.92 Å². The van der Waals surface area contributed by atoms with Crippen molar-refractivity contribution in [3.63, 3.8) is 0 Å². The lowest BCUT2D eigenvalue weighted by molar-refractivity contribution is 0.605. The Balaban J connectivity index is 0.000000243. The summed E-state index contributed by atoms with van der Waals surface area (Å²) in [6.07, 6.45) is 15.5. The van der Waals surface area contributed by atoms with Gasteiger partial charge in [0.2, 0.25) is 0 Å². The Hall–Kier alpha value is -0.520. The zero-order valence-electron chi connectivity index (χ0n) is 9.42. The van der Waals surface area contributed by atoms with Crippen LogP contribution >= 0.6 is 0 Å². The van der Waals surface area contributed by atoms with Crippen molar-refractivity contribution < 1.29 is 0 Å². The normalized spacial score (nSPS) is 15.1. The quantitative estimate of drug-likeness (QED) is 0.551. The van der Waals surface area contributed by atoms with E-state index in [1.165, 1.54) is 32.1 Å². The summed E-state index contributed by atoms with van der Waals surface area (Å²) in [6.45, 7) is 6.54. The van der Waals surface area contributed by atoms with E-state index < -0.39 is 0 Å². The third kappa shape index (κ3) is 7.83. The van der Waals surface area contributed by atoms with Gasteiger partial charge in [-0.15, -0.1) is 0 Å². The molecule has 1 rings (SSSR count). The molecule has 13 heavy (non-hydrogen) atoms. The summed E-state index contributed by atoms with van der Waals surface area (Å²) in [5.41, 5.74) is 0. The van der Waals surface area contributed by atoms with Gasteiger partial charge in [0.15, 0.2) is 0 Å². The van der Waals surface area contributed by atoms with E-state index in [1.54, 1.807) is 0 Å². The second kappa shape index (κ2) is 9.57. The van der Waals surface area contributed by atoms with Gasteiger partial charge in [0.25, 0.3) is 0 Å². The molecule has 0 aromatic heterocycles. The Morgan fingerprint density at radius 1 is 1.15 bits per heavy atom. The minimum Gasteiger partial charge on any atom is -0.0914 e. The predicted molar refractivity (Wildman–Crippen MR) is 61.9 cm³/mol. The average Bonchev–Trinajstić information content (AvgIpc) is 2.72. The highest BCUT2D eigenvalue weighted by Gasteiger charge is 1.93. The Kier molecular flexibility index (Phi) is 9.18. The van der Waals surface area contributed by atoms with Crippen molar-refractivity contribution in [1.29, 1.82) is 0 Å². The van der Waals surface area contributed by atoms with Crippen LogP contribution in [0.5, 0.6) is 0 Å². The fourth-order valence-corrected chi connectivity index (χ4v) is 1.42. The highest BCUT2D eigenvalue weighted by atomic mass is 14.0. The summed E-state index contributed by atoms with van der Waals surface area (Å²) in [5.74, 6) is 0.819. The molecule has 0 aromatic carbocycles. The van der Waals surface area contributed by atoms with Crippen LogP contribution < -0.4 is 0 Å². The van der Waals surface area contributed by atoms with E-state index in [9.17, 15) is 0 Å². The SMILES string of the molecule is C/C=C\C(CC)CC.C1=CCCC1. The standard InChI is InChI=1S/C8H16.C5H8/c1-4-7-8(5-2)6-3;1-2-4-5-3-1/h4,7-8H,5-6H2,1-3H3;1-2H,3-5H2/b7-4-;. The summed E-state index contributed by atoms with van der Waals surface area (Å²) < 4.78 is 0. The predicted octanol–water partition coefficient (Wildman–Crippen LogP) is 4.73. The molecule has 0 atom stereocenters. The fraction of sp³-hybridized carbons (Fsp3) is 0.692. The van der Waals surface area contributed by atoms with Gasteiger partial charge in [-0.3, -0.25) is 0 Å². The van der Waals surface area contributed by atoms with Gasteiger partial charge in [-0.25, -0.2) is 0 Å². The van der Waals surface area contributed by atoms with Crippen molar-refractivity contribution >= 4 is 0 Å². The number of hydrogen-bond donors (Lipinski definition) is 0. The summed E-state index contributed by atoms with van der Waals surface area (Å²) in [4.78, 5) is 0. The van der Waals surface area contributed by atoms with Crippen LogP contribution in [-0.2, 0) is 0 Å². The van der Waals surface area contributed by atoms with Crippen molar-refractivity contribution in [2.45, 2.75) is 52.9 Å². The Labute approximate surface area is 83.7 Å². The molecule has 1 aliphatic rings. The van der Waals surface area contributed by atoms with Gasteiger partial charge in [0.1, 0.15) is 0 Å². The van der Waals surface area contributed by atoms with E-state index in [1.807, 2.05) is 0 Å². The van der Waals surface area contributed by atoms with Crippen LogP contribution in [0.1, 0.15) is 52.9 Å². The van der Waals surface area contributed by atoms with Gasteiger partial charge in [-0.1, -0.05) is 38.2 Å². The fourth-order valence-electron chi connectivity index (χ4n) is 1.42. The zero-order valence-corrected chi connectivity index (χ0v) is 9.42. The molecule has 0 fully saturated rings. The van der Waals surface area contributed by atoms with Gasteiger partial charge >= 0.3 is 0 Å². The minimum absolute atomic E-state index is 0.819. The molecule has 0 heteroatoms. The molecule has 0 saturated heterocycles. The van der Waals surface area contributed by atoms with E-state index in [4.69, 9.17) is 0 Å². The van der Waals surface area contributed by atoms with Crippen LogP contribution in [0.25, 0.3) is 0 Å². The molecule has 0 bridgehead atoms. The van der Waals surface area contributed by atoms with Crippen molar-refractivity contribution in [3.8, 4) is 0 Å². The Morgan fingerprint density at radius 2 is 1.69 bits per heavy atom. The van der Waals surface area contributed by atoms with E-state index >= 15 is 0 Å². The topological polar surface area (TPSA) is 0 Å². The molecule has 0 radical (unpaired) electrons. The molecular weight excluding hydrogens is 156 g/mol. The summed E-state index contributed by atoms with van der Waals surface area (Å²) in [5, 5.41) is 0. The van der Waals surface area contributed by atoms with Crippen molar-refractivity contribution in [1.82, 2.24) is 0 Å². The molecule has 0 nitrogen and oxygen atoms in total. The molecule has 0 heterocycles. The molecule has 0 N–H and O–H groups in total. The third-order valence-electron chi connectivity index (χ3n) is 2.42. The molecule has 0 saturated carbocycles. The van der Waals surface area contributed by atoms with Gasteiger partial charge < -0.3 is 0 Å². The first-order valence-corrected chi connectivity index (χ1v) is 5.62. The molecule has 0 aliphatic heterocycles. The van der Waals surface area contributed by atoms with Crippen LogP contribution in [0.3, 0.4) is 0 Å². The van der Waals surface area contributed by atoms with Crippen LogP contribution in [-0.4, -0.2) is 0 Å². The van der Waals surface area contributed by atoms with Gasteiger partial charge in [-0.2, -0.15) is 0 Å². The molecule has 0 amide bonds. The lowest BCUT2D eigenvalue weighted by atomic mass is 10.0. The molecular formula is C13H24. The Bertz CT molecular complexity index is 132. The summed E-state index contributed by atoms with van der Waals surface area (Å²) in [6, 6.07) is 0. The maximum atomic E-state index is 2.28. The second-order valence-corrected chi connectivity index (χ2v) is 3.50. The molecule has 76 valence electrons. The van der Waals surface area contributed by atoms with E-state index in [0.29, 0.717) is 0 Å². The maximum Gasteiger partial charge on any atom is -0.0239 e. The largest absolute Gasteiger partial charge is 0.0914 e. The van der Waals surface area contributed by atoms with Crippen LogP contribution in [0, 0.1) is 5.92 Å². The first kappa shape index (κ1) is 12.5. The summed E-state index contributed by atoms with van der Waals surface area (Å²) in [7, 11) is 0. The molecule has 0 aromatic rings. The van der Waals surface area contributed by atoms with Crippen molar-refractivity contribution in [2.75, 3.05) is 0 Å². The smallest absolute Gasteiger partial charge is 0.0239 e. The molecule has 0 unspecified atom stereocenters. The highest BCUT2D eigenvalue weighted by Crippen LogP contribution is 2.07. The van der Waals surface area contributed by atoms with Gasteiger partial charge in [0.05, 0.1) is 0 Å². The lowest BCUT2D eigenvalue weighted by Crippen LogP contribution is -1.88. The number of hydrogen-bond acceptors (Lipinski definition) is 0. The highest BCUT2D eigenvalue weighted by molar-refractivity contribution is 4.88. The van der Waals surface area contributed by atoms with Crippen LogP contribution in [0.4, 0.5) is 0 Å². The van der Waals surface area contributed by atoms with Crippen LogP contribution in [0.2, 0.25) is 0 Å². The lowest BCUT2D eigenvalue weighted by Gasteiger charge is -2.02. The average molecular weight is 180 g/mol. The van der Waals surface area contributed by atoms with E-state index in [2.05, 4.69) is 45.1 Å². The van der Waals surface area contributed by atoms with E-state index in [-0.39, 0.29) is 0 Å². The van der Waals surface area contributed by atoms with Gasteiger partial charge in [-0.05, 0) is 44.9 Å². The van der Waals surface area contributed by atoms with Crippen molar-refractivity contribution in [3.05, 3.63) is 24.3 Å².